The predicted molar refractivity (Wildman–Crippen MR) is 84.4 cm³/mol. The van der Waals surface area contributed by atoms with E-state index in [0.29, 0.717) is 16.7 Å². The Hall–Kier alpha value is -1.82. The summed E-state index contributed by atoms with van der Waals surface area (Å²) < 4.78 is 0.669. The molecule has 0 spiro atoms. The van der Waals surface area contributed by atoms with Gasteiger partial charge in [0.25, 0.3) is 5.91 Å². The van der Waals surface area contributed by atoms with Crippen LogP contribution in [0, 0.1) is 5.92 Å². The smallest absolute Gasteiger partial charge is 0.323 e. The van der Waals surface area contributed by atoms with Gasteiger partial charge < -0.3 is 15.0 Å². The molecule has 0 unspecified atom stereocenters. The third kappa shape index (κ3) is 3.44. The summed E-state index contributed by atoms with van der Waals surface area (Å²) in [6.07, 6.45) is 0. The Kier molecular flexibility index (Phi) is 4.67. The SMILES string of the molecule is CC(C)CN(CC(=O)O)C(=O)c1[nH]c2ccccc2c1Br. The molecular weight excluding hydrogens is 336 g/mol. The molecule has 0 saturated carbocycles. The summed E-state index contributed by atoms with van der Waals surface area (Å²) in [7, 11) is 0. The molecule has 0 radical (unpaired) electrons. The quantitative estimate of drug-likeness (QED) is 0.868. The molecule has 1 aromatic carbocycles. The van der Waals surface area contributed by atoms with Gasteiger partial charge in [-0.2, -0.15) is 0 Å². The second-order valence-electron chi connectivity index (χ2n) is 5.33. The van der Waals surface area contributed by atoms with E-state index in [1.165, 1.54) is 4.90 Å². The molecule has 21 heavy (non-hydrogen) atoms. The summed E-state index contributed by atoms with van der Waals surface area (Å²) in [5.74, 6) is -1.14. The first-order valence-corrected chi connectivity index (χ1v) is 7.46. The number of carboxylic acids is 1. The number of aromatic nitrogens is 1. The van der Waals surface area contributed by atoms with Gasteiger partial charge in [-0.3, -0.25) is 9.59 Å². The zero-order chi connectivity index (χ0) is 15.6. The number of H-pyrrole nitrogens is 1. The fourth-order valence-corrected chi connectivity index (χ4v) is 2.85. The van der Waals surface area contributed by atoms with Crippen molar-refractivity contribution < 1.29 is 14.7 Å². The number of carbonyl (C=O) groups is 2. The first-order valence-electron chi connectivity index (χ1n) is 6.67. The van der Waals surface area contributed by atoms with Crippen molar-refractivity contribution in [2.24, 2.45) is 5.92 Å². The van der Waals surface area contributed by atoms with Crippen LogP contribution >= 0.6 is 15.9 Å². The second kappa shape index (κ2) is 6.30. The Morgan fingerprint density at radius 1 is 1.33 bits per heavy atom. The number of amides is 1. The van der Waals surface area contributed by atoms with E-state index in [1.54, 1.807) is 0 Å². The average molecular weight is 353 g/mol. The molecule has 2 rings (SSSR count). The molecule has 0 aliphatic heterocycles. The Morgan fingerprint density at radius 2 is 2.00 bits per heavy atom. The van der Waals surface area contributed by atoms with Gasteiger partial charge in [-0.25, -0.2) is 0 Å². The van der Waals surface area contributed by atoms with E-state index in [9.17, 15) is 9.59 Å². The van der Waals surface area contributed by atoms with Crippen molar-refractivity contribution >= 4 is 38.7 Å². The minimum atomic E-state index is -1.02. The summed E-state index contributed by atoms with van der Waals surface area (Å²) in [6, 6.07) is 7.54. The number of hydrogen-bond acceptors (Lipinski definition) is 2. The highest BCUT2D eigenvalue weighted by atomic mass is 79.9. The molecule has 0 fully saturated rings. The van der Waals surface area contributed by atoms with Gasteiger partial charge in [-0.15, -0.1) is 0 Å². The van der Waals surface area contributed by atoms with Crippen LogP contribution in [0.3, 0.4) is 0 Å². The van der Waals surface area contributed by atoms with E-state index in [-0.39, 0.29) is 18.4 Å². The van der Waals surface area contributed by atoms with Crippen molar-refractivity contribution in [2.75, 3.05) is 13.1 Å². The lowest BCUT2D eigenvalue weighted by molar-refractivity contribution is -0.137. The summed E-state index contributed by atoms with van der Waals surface area (Å²) >= 11 is 3.43. The van der Waals surface area contributed by atoms with Crippen molar-refractivity contribution in [2.45, 2.75) is 13.8 Å². The number of para-hydroxylation sites is 1. The molecule has 112 valence electrons. The maximum atomic E-state index is 12.6. The molecule has 6 heteroatoms. The highest BCUT2D eigenvalue weighted by Gasteiger charge is 2.24. The number of rotatable bonds is 5. The van der Waals surface area contributed by atoms with Crippen molar-refractivity contribution in [3.05, 3.63) is 34.4 Å². The van der Waals surface area contributed by atoms with Crippen LogP contribution in [0.4, 0.5) is 0 Å². The van der Waals surface area contributed by atoms with Crippen LogP contribution in [0.5, 0.6) is 0 Å². The highest BCUT2D eigenvalue weighted by molar-refractivity contribution is 9.10. The van der Waals surface area contributed by atoms with E-state index in [0.717, 1.165) is 10.9 Å². The second-order valence-corrected chi connectivity index (χ2v) is 6.13. The van der Waals surface area contributed by atoms with Crippen molar-refractivity contribution in [1.82, 2.24) is 9.88 Å². The minimum absolute atomic E-state index is 0.191. The number of halogens is 1. The van der Waals surface area contributed by atoms with Crippen LogP contribution in [-0.2, 0) is 4.79 Å². The highest BCUT2D eigenvalue weighted by Crippen LogP contribution is 2.28. The fraction of sp³-hybridized carbons (Fsp3) is 0.333. The molecule has 2 N–H and O–H groups in total. The van der Waals surface area contributed by atoms with Gasteiger partial charge in [0, 0.05) is 17.4 Å². The molecule has 5 nitrogen and oxygen atoms in total. The standard InChI is InChI=1S/C15H17BrN2O3/c1-9(2)7-18(8-12(19)20)15(21)14-13(16)10-5-3-4-6-11(10)17-14/h3-6,9,17H,7-8H2,1-2H3,(H,19,20). The summed E-state index contributed by atoms with van der Waals surface area (Å²) in [4.78, 5) is 28.0. The number of nitrogens with zero attached hydrogens (tertiary/aromatic N) is 1. The Labute approximate surface area is 131 Å². The summed E-state index contributed by atoms with van der Waals surface area (Å²) in [6.45, 7) is 3.98. The van der Waals surface area contributed by atoms with E-state index in [2.05, 4.69) is 20.9 Å². The normalized spacial score (nSPS) is 11.0. The van der Waals surface area contributed by atoms with Gasteiger partial charge >= 0.3 is 5.97 Å². The average Bonchev–Trinajstić information content (AvgIpc) is 2.74. The van der Waals surface area contributed by atoms with Crippen molar-refractivity contribution in [1.29, 1.82) is 0 Å². The molecule has 0 bridgehead atoms. The lowest BCUT2D eigenvalue weighted by Gasteiger charge is -2.22. The van der Waals surface area contributed by atoms with Crippen molar-refractivity contribution in [3.63, 3.8) is 0 Å². The zero-order valence-electron chi connectivity index (χ0n) is 11.9. The van der Waals surface area contributed by atoms with Gasteiger partial charge in [-0.1, -0.05) is 32.0 Å². The number of nitrogens with one attached hydrogen (secondary N) is 1. The number of benzene rings is 1. The Morgan fingerprint density at radius 3 is 2.57 bits per heavy atom. The fourth-order valence-electron chi connectivity index (χ4n) is 2.24. The zero-order valence-corrected chi connectivity index (χ0v) is 13.5. The molecular formula is C15H17BrN2O3. The number of fused-ring (bicyclic) bond motifs is 1. The largest absolute Gasteiger partial charge is 0.480 e. The van der Waals surface area contributed by atoms with E-state index >= 15 is 0 Å². The lowest BCUT2D eigenvalue weighted by Crippen LogP contribution is -2.38. The van der Waals surface area contributed by atoms with Crippen LogP contribution in [0.2, 0.25) is 0 Å². The molecule has 0 saturated heterocycles. The summed E-state index contributed by atoms with van der Waals surface area (Å²) in [5, 5.41) is 9.89. The van der Waals surface area contributed by atoms with E-state index < -0.39 is 5.97 Å². The third-order valence-electron chi connectivity index (χ3n) is 3.06. The van der Waals surface area contributed by atoms with Gasteiger partial charge in [0.05, 0.1) is 4.47 Å². The number of carbonyl (C=O) groups excluding carboxylic acids is 1. The molecule has 2 aromatic rings. The van der Waals surface area contributed by atoms with Crippen LogP contribution in [0.15, 0.2) is 28.7 Å². The number of hydrogen-bond donors (Lipinski definition) is 2. The molecule has 1 heterocycles. The van der Waals surface area contributed by atoms with Gasteiger partial charge in [0.15, 0.2) is 0 Å². The number of aromatic amines is 1. The van der Waals surface area contributed by atoms with Crippen LogP contribution in [0.1, 0.15) is 24.3 Å². The molecule has 0 aliphatic rings. The predicted octanol–water partition coefficient (Wildman–Crippen LogP) is 3.11. The maximum Gasteiger partial charge on any atom is 0.323 e. The van der Waals surface area contributed by atoms with E-state index in [1.807, 2.05) is 38.1 Å². The molecule has 1 aromatic heterocycles. The van der Waals surface area contributed by atoms with E-state index in [4.69, 9.17) is 5.11 Å². The summed E-state index contributed by atoms with van der Waals surface area (Å²) in [5.41, 5.74) is 1.23. The minimum Gasteiger partial charge on any atom is -0.480 e. The lowest BCUT2D eigenvalue weighted by atomic mass is 10.2. The molecule has 0 atom stereocenters. The Bertz CT molecular complexity index is 679. The molecule has 0 aliphatic carbocycles. The van der Waals surface area contributed by atoms with Crippen LogP contribution in [0.25, 0.3) is 10.9 Å². The topological polar surface area (TPSA) is 73.4 Å². The first kappa shape index (κ1) is 15.6. The number of aliphatic carboxylic acids is 1. The van der Waals surface area contributed by atoms with Gasteiger partial charge in [0.2, 0.25) is 0 Å². The number of carboxylic acid groups (broad SMARTS) is 1. The maximum absolute atomic E-state index is 12.6. The van der Waals surface area contributed by atoms with Crippen LogP contribution in [-0.4, -0.2) is 40.0 Å². The Balaban J connectivity index is 2.38. The van der Waals surface area contributed by atoms with Crippen molar-refractivity contribution in [3.8, 4) is 0 Å². The molecule has 1 amide bonds. The third-order valence-corrected chi connectivity index (χ3v) is 3.88. The van der Waals surface area contributed by atoms with Gasteiger partial charge in [0.1, 0.15) is 12.2 Å². The first-order chi connectivity index (χ1) is 9.90. The van der Waals surface area contributed by atoms with Gasteiger partial charge in [-0.05, 0) is 27.9 Å². The monoisotopic (exact) mass is 352 g/mol. The van der Waals surface area contributed by atoms with Crippen LogP contribution < -0.4 is 0 Å².